The molecule has 15 nitrogen and oxygen atoms in total. The number of hydrogen-bond donors (Lipinski definition) is 6. The van der Waals surface area contributed by atoms with Gasteiger partial charge in [-0.1, -0.05) is 36.4 Å². The van der Waals surface area contributed by atoms with Crippen LogP contribution in [0.3, 0.4) is 0 Å². The summed E-state index contributed by atoms with van der Waals surface area (Å²) >= 11 is 0. The van der Waals surface area contributed by atoms with Crippen LogP contribution in [0, 0.1) is 20.2 Å². The van der Waals surface area contributed by atoms with Crippen LogP contribution < -0.4 is 26.0 Å². The van der Waals surface area contributed by atoms with Crippen molar-refractivity contribution in [1.29, 1.82) is 0 Å². The van der Waals surface area contributed by atoms with E-state index in [1.165, 1.54) is 12.1 Å². The zero-order valence-electron chi connectivity index (χ0n) is 24.2. The van der Waals surface area contributed by atoms with Crippen molar-refractivity contribution in [2.45, 2.75) is 0 Å². The van der Waals surface area contributed by atoms with Gasteiger partial charge in [-0.05, 0) is 72.8 Å². The molecule has 0 fully saturated rings. The van der Waals surface area contributed by atoms with Gasteiger partial charge in [-0.25, -0.2) is 9.59 Å². The zero-order chi connectivity index (χ0) is 33.8. The van der Waals surface area contributed by atoms with Crippen molar-refractivity contribution in [2.24, 2.45) is 0 Å². The molecule has 4 amide bonds. The van der Waals surface area contributed by atoms with Gasteiger partial charge >= 0.3 is 23.4 Å². The standard InChI is InChI=1S/C19H15N3O5.C13H11N3O4/c23-18-11-8-14(12-17(18)22(25)26)21-19(24)20-13-6-9-16(10-7-13)27-15-4-2-1-3-5-15;17-12-7-6-10(8-11(12)16(19)20)15-13(18)14-9-4-2-1-3-5-9/h1-12,23H,(H2,20,21,24);1-8,17H,(H2,14,15,18). The Bertz CT molecular complexity index is 1870. The SMILES string of the molecule is O=C(Nc1ccc(Oc2ccccc2)cc1)Nc1ccc(O)c([N+](=O)[O-])c1.O=C(Nc1ccccc1)Nc1ccc(O)c([N+](=O)[O-])c1. The smallest absolute Gasteiger partial charge is 0.323 e. The van der Waals surface area contributed by atoms with Crippen LogP contribution in [0.5, 0.6) is 23.0 Å². The third-order valence-corrected chi connectivity index (χ3v) is 5.98. The number of phenolic OH excluding ortho intramolecular Hbond substituents is 2. The monoisotopic (exact) mass is 638 g/mol. The van der Waals surface area contributed by atoms with Crippen molar-refractivity contribution in [2.75, 3.05) is 21.3 Å². The Kier molecular flexibility index (Phi) is 10.8. The Morgan fingerprint density at radius 1 is 0.511 bits per heavy atom. The molecular formula is C32H26N6O9. The number of benzene rings is 5. The van der Waals surface area contributed by atoms with Gasteiger partial charge in [0.2, 0.25) is 0 Å². The number of phenols is 2. The van der Waals surface area contributed by atoms with Crippen LogP contribution in [0.1, 0.15) is 0 Å². The van der Waals surface area contributed by atoms with Gasteiger partial charge in [0.05, 0.1) is 9.85 Å². The first-order chi connectivity index (χ1) is 22.6. The molecule has 0 aliphatic heterocycles. The molecule has 6 N–H and O–H groups in total. The molecule has 47 heavy (non-hydrogen) atoms. The fraction of sp³-hybridized carbons (Fsp3) is 0. The van der Waals surface area contributed by atoms with Crippen LogP contribution in [-0.2, 0) is 0 Å². The number of ether oxygens (including phenoxy) is 1. The molecule has 0 bridgehead atoms. The Morgan fingerprint density at radius 2 is 0.872 bits per heavy atom. The van der Waals surface area contributed by atoms with Gasteiger partial charge in [0.1, 0.15) is 11.5 Å². The number of rotatable bonds is 8. The summed E-state index contributed by atoms with van der Waals surface area (Å²) in [6.45, 7) is 0. The highest BCUT2D eigenvalue weighted by Gasteiger charge is 2.16. The minimum atomic E-state index is -0.732. The number of nitro benzene ring substituents is 2. The Balaban J connectivity index is 0.000000223. The molecular weight excluding hydrogens is 612 g/mol. The van der Waals surface area contributed by atoms with E-state index in [2.05, 4.69) is 21.3 Å². The maximum Gasteiger partial charge on any atom is 0.323 e. The largest absolute Gasteiger partial charge is 0.502 e. The van der Waals surface area contributed by atoms with Gasteiger partial charge in [-0.15, -0.1) is 0 Å². The van der Waals surface area contributed by atoms with Crippen LogP contribution in [-0.4, -0.2) is 32.1 Å². The molecule has 0 heterocycles. The number of anilines is 4. The Labute approximate surface area is 266 Å². The van der Waals surface area contributed by atoms with E-state index < -0.39 is 44.8 Å². The van der Waals surface area contributed by atoms with Crippen LogP contribution in [0.25, 0.3) is 0 Å². The van der Waals surface area contributed by atoms with E-state index in [1.54, 1.807) is 48.5 Å². The second kappa shape index (κ2) is 15.5. The molecule has 0 spiro atoms. The molecule has 238 valence electrons. The number of urea groups is 2. The van der Waals surface area contributed by atoms with Crippen molar-refractivity contribution in [3.8, 4) is 23.0 Å². The van der Waals surface area contributed by atoms with E-state index >= 15 is 0 Å². The summed E-state index contributed by atoms with van der Waals surface area (Å²) in [6.07, 6.45) is 0. The van der Waals surface area contributed by atoms with E-state index in [0.29, 0.717) is 22.9 Å². The van der Waals surface area contributed by atoms with E-state index in [4.69, 9.17) is 4.74 Å². The Hall–Kier alpha value is -7.16. The number of amides is 4. The normalized spacial score (nSPS) is 9.96. The molecule has 5 aromatic rings. The third-order valence-electron chi connectivity index (χ3n) is 5.98. The molecule has 0 atom stereocenters. The summed E-state index contributed by atoms with van der Waals surface area (Å²) in [6, 6.07) is 30.8. The molecule has 15 heteroatoms. The molecule has 0 saturated heterocycles. The first-order valence-corrected chi connectivity index (χ1v) is 13.6. The predicted octanol–water partition coefficient (Wildman–Crippen LogP) is 7.68. The third kappa shape index (κ3) is 9.94. The lowest BCUT2D eigenvalue weighted by Gasteiger charge is -2.09. The lowest BCUT2D eigenvalue weighted by atomic mass is 10.2. The van der Waals surface area contributed by atoms with E-state index in [-0.39, 0.29) is 11.4 Å². The molecule has 0 saturated carbocycles. The fourth-order valence-corrected chi connectivity index (χ4v) is 3.83. The first-order valence-electron chi connectivity index (χ1n) is 13.6. The van der Waals surface area contributed by atoms with E-state index in [0.717, 1.165) is 24.3 Å². The van der Waals surface area contributed by atoms with Gasteiger partial charge in [-0.2, -0.15) is 0 Å². The van der Waals surface area contributed by atoms with Crippen molar-refractivity contribution < 1.29 is 34.4 Å². The minimum absolute atomic E-state index is 0.182. The molecule has 0 aliphatic rings. The highest BCUT2D eigenvalue weighted by Crippen LogP contribution is 2.30. The summed E-state index contributed by atoms with van der Waals surface area (Å²) in [5.74, 6) is 0.384. The fourth-order valence-electron chi connectivity index (χ4n) is 3.83. The van der Waals surface area contributed by atoms with E-state index in [9.17, 15) is 40.0 Å². The summed E-state index contributed by atoms with van der Waals surface area (Å²) in [7, 11) is 0. The number of carbonyl (C=O) groups excluding carboxylic acids is 2. The number of para-hydroxylation sites is 2. The second-order valence-corrected chi connectivity index (χ2v) is 9.38. The lowest BCUT2D eigenvalue weighted by molar-refractivity contribution is -0.385. The average molecular weight is 639 g/mol. The molecule has 5 rings (SSSR count). The van der Waals surface area contributed by atoms with Crippen molar-refractivity contribution in [1.82, 2.24) is 0 Å². The number of carbonyl (C=O) groups is 2. The predicted molar refractivity (Wildman–Crippen MR) is 174 cm³/mol. The van der Waals surface area contributed by atoms with E-state index in [1.807, 2.05) is 36.4 Å². The topological polar surface area (TPSA) is 218 Å². The van der Waals surface area contributed by atoms with Crippen molar-refractivity contribution in [3.63, 3.8) is 0 Å². The maximum absolute atomic E-state index is 12.0. The lowest BCUT2D eigenvalue weighted by Crippen LogP contribution is -2.19. The van der Waals surface area contributed by atoms with Crippen molar-refractivity contribution in [3.05, 3.63) is 142 Å². The highest BCUT2D eigenvalue weighted by atomic mass is 16.6. The van der Waals surface area contributed by atoms with Crippen LogP contribution in [0.15, 0.2) is 121 Å². The van der Waals surface area contributed by atoms with Gasteiger partial charge in [0.15, 0.2) is 11.5 Å². The summed E-state index contributed by atoms with van der Waals surface area (Å²) < 4.78 is 5.66. The van der Waals surface area contributed by atoms with Crippen LogP contribution in [0.4, 0.5) is 43.7 Å². The van der Waals surface area contributed by atoms with Gasteiger partial charge in [-0.3, -0.25) is 20.2 Å². The maximum atomic E-state index is 12.0. The molecule has 0 radical (unpaired) electrons. The summed E-state index contributed by atoms with van der Waals surface area (Å²) in [4.78, 5) is 43.8. The summed E-state index contributed by atoms with van der Waals surface area (Å²) in [5, 5.41) is 50.3. The second-order valence-electron chi connectivity index (χ2n) is 9.38. The summed E-state index contributed by atoms with van der Waals surface area (Å²) in [5.41, 5.74) is 0.543. The number of hydrogen-bond acceptors (Lipinski definition) is 9. The molecule has 0 unspecified atom stereocenters. The number of nitro groups is 2. The molecule has 5 aromatic carbocycles. The van der Waals surface area contributed by atoms with Gasteiger partial charge < -0.3 is 36.2 Å². The van der Waals surface area contributed by atoms with Gasteiger partial charge in [0, 0.05) is 34.9 Å². The molecule has 0 aromatic heterocycles. The number of aromatic hydroxyl groups is 2. The first kappa shape index (κ1) is 32.7. The van der Waals surface area contributed by atoms with Crippen LogP contribution >= 0.6 is 0 Å². The minimum Gasteiger partial charge on any atom is -0.502 e. The zero-order valence-corrected chi connectivity index (χ0v) is 24.2. The van der Waals surface area contributed by atoms with Crippen molar-refractivity contribution >= 4 is 46.2 Å². The quantitative estimate of drug-likeness (QED) is 0.0557. The van der Waals surface area contributed by atoms with Crippen LogP contribution in [0.2, 0.25) is 0 Å². The number of nitrogens with zero attached hydrogens (tertiary/aromatic N) is 2. The highest BCUT2D eigenvalue weighted by molar-refractivity contribution is 6.00. The molecule has 0 aliphatic carbocycles. The van der Waals surface area contributed by atoms with Gasteiger partial charge in [0.25, 0.3) is 0 Å². The average Bonchev–Trinajstić information content (AvgIpc) is 3.05. The Morgan fingerprint density at radius 3 is 1.32 bits per heavy atom. The number of nitrogens with one attached hydrogen (secondary N) is 4.